The Hall–Kier alpha value is -2.12. The van der Waals surface area contributed by atoms with Crippen LogP contribution < -0.4 is 14.8 Å². The average molecular weight is 404 g/mol. The second-order valence-electron chi connectivity index (χ2n) is 7.14. The second kappa shape index (κ2) is 9.89. The third kappa shape index (κ3) is 5.45. The molecule has 152 valence electrons. The fraction of sp³-hybridized carbons (Fsp3) is 0.524. The van der Waals surface area contributed by atoms with Gasteiger partial charge in [0.05, 0.1) is 24.9 Å². The van der Waals surface area contributed by atoms with Crippen LogP contribution in [0.5, 0.6) is 11.5 Å². The van der Waals surface area contributed by atoms with Gasteiger partial charge in [-0.25, -0.2) is 4.98 Å². The maximum absolute atomic E-state index is 12.5. The van der Waals surface area contributed by atoms with E-state index in [9.17, 15) is 4.79 Å². The van der Waals surface area contributed by atoms with Crippen molar-refractivity contribution < 1.29 is 14.3 Å². The quantitative estimate of drug-likeness (QED) is 0.734. The van der Waals surface area contributed by atoms with Crippen molar-refractivity contribution in [3.05, 3.63) is 39.8 Å². The maximum Gasteiger partial charge on any atom is 0.223 e. The third-order valence-electron chi connectivity index (χ3n) is 5.17. The molecule has 1 N–H and O–H groups in total. The van der Waals surface area contributed by atoms with Crippen LogP contribution in [-0.2, 0) is 17.8 Å². The molecule has 1 amide bonds. The van der Waals surface area contributed by atoms with E-state index in [2.05, 4.69) is 20.6 Å². The van der Waals surface area contributed by atoms with Crippen LogP contribution >= 0.6 is 11.3 Å². The van der Waals surface area contributed by atoms with E-state index < -0.39 is 0 Å². The highest BCUT2D eigenvalue weighted by molar-refractivity contribution is 7.09. The highest BCUT2D eigenvalue weighted by Gasteiger charge is 2.25. The number of carbonyl (C=O) groups is 1. The highest BCUT2D eigenvalue weighted by atomic mass is 32.1. The molecule has 0 unspecified atom stereocenters. The van der Waals surface area contributed by atoms with Gasteiger partial charge in [0.15, 0.2) is 11.5 Å². The summed E-state index contributed by atoms with van der Waals surface area (Å²) in [6.07, 6.45) is 2.59. The molecular weight excluding hydrogens is 374 g/mol. The van der Waals surface area contributed by atoms with E-state index >= 15 is 0 Å². The summed E-state index contributed by atoms with van der Waals surface area (Å²) in [5.74, 6) is 1.72. The normalized spacial score (nSPS) is 15.4. The van der Waals surface area contributed by atoms with E-state index in [1.807, 2.05) is 25.1 Å². The number of nitrogens with one attached hydrogen (secondary N) is 1. The number of methoxy groups -OCH3 is 2. The van der Waals surface area contributed by atoms with Crippen LogP contribution in [0.1, 0.15) is 29.1 Å². The van der Waals surface area contributed by atoms with E-state index in [1.54, 1.807) is 25.6 Å². The largest absolute Gasteiger partial charge is 0.493 e. The van der Waals surface area contributed by atoms with Crippen LogP contribution in [0.3, 0.4) is 0 Å². The van der Waals surface area contributed by atoms with Crippen LogP contribution in [-0.4, -0.2) is 49.6 Å². The van der Waals surface area contributed by atoms with E-state index in [4.69, 9.17) is 9.47 Å². The molecule has 0 atom stereocenters. The third-order valence-corrected chi connectivity index (χ3v) is 5.99. The molecule has 28 heavy (non-hydrogen) atoms. The highest BCUT2D eigenvalue weighted by Crippen LogP contribution is 2.27. The fourth-order valence-electron chi connectivity index (χ4n) is 3.57. The standard InChI is InChI=1S/C21H29N3O3S/c1-15-23-18(14-28-15)13-24-10-7-17(8-11-24)21(25)22-9-6-16-4-5-19(26-2)20(12-16)27-3/h4-5,12,14,17H,6-11,13H2,1-3H3,(H,22,25). The number of ether oxygens (including phenoxy) is 2. The molecule has 2 aromatic rings. The molecule has 0 aliphatic carbocycles. The lowest BCUT2D eigenvalue weighted by atomic mass is 9.95. The Bertz CT molecular complexity index is 785. The summed E-state index contributed by atoms with van der Waals surface area (Å²) in [4.78, 5) is 19.4. The molecule has 0 radical (unpaired) electrons. The van der Waals surface area contributed by atoms with Crippen LogP contribution in [0.2, 0.25) is 0 Å². The van der Waals surface area contributed by atoms with Gasteiger partial charge in [0.2, 0.25) is 5.91 Å². The van der Waals surface area contributed by atoms with Gasteiger partial charge in [-0.05, 0) is 57.0 Å². The zero-order chi connectivity index (χ0) is 19.9. The van der Waals surface area contributed by atoms with Gasteiger partial charge in [0, 0.05) is 24.4 Å². The second-order valence-corrected chi connectivity index (χ2v) is 8.20. The van der Waals surface area contributed by atoms with Crippen molar-refractivity contribution in [2.45, 2.75) is 32.7 Å². The molecular formula is C21H29N3O3S. The number of nitrogens with zero attached hydrogens (tertiary/aromatic N) is 2. The number of likely N-dealkylation sites (tertiary alicyclic amines) is 1. The predicted octanol–water partition coefficient (Wildman–Crippen LogP) is 3.04. The maximum atomic E-state index is 12.5. The monoisotopic (exact) mass is 403 g/mol. The van der Waals surface area contributed by atoms with Crippen molar-refractivity contribution in [1.82, 2.24) is 15.2 Å². The molecule has 1 aromatic heterocycles. The van der Waals surface area contributed by atoms with Gasteiger partial charge in [-0.1, -0.05) is 6.07 Å². The number of thiazole rings is 1. The summed E-state index contributed by atoms with van der Waals surface area (Å²) >= 11 is 1.69. The van der Waals surface area contributed by atoms with Crippen molar-refractivity contribution in [1.29, 1.82) is 0 Å². The van der Waals surface area contributed by atoms with Gasteiger partial charge in [-0.15, -0.1) is 11.3 Å². The molecule has 0 bridgehead atoms. The number of aromatic nitrogens is 1. The molecule has 2 heterocycles. The van der Waals surface area contributed by atoms with E-state index in [0.29, 0.717) is 12.3 Å². The topological polar surface area (TPSA) is 63.7 Å². The molecule has 7 heteroatoms. The Morgan fingerprint density at radius 3 is 2.64 bits per heavy atom. The number of aryl methyl sites for hydroxylation is 1. The lowest BCUT2D eigenvalue weighted by Gasteiger charge is -2.30. The SMILES string of the molecule is COc1ccc(CCNC(=O)C2CCN(Cc3csc(C)n3)CC2)cc1OC. The Balaban J connectivity index is 1.40. The molecule has 1 aliphatic heterocycles. The zero-order valence-corrected chi connectivity index (χ0v) is 17.7. The minimum absolute atomic E-state index is 0.110. The predicted molar refractivity (Wildman–Crippen MR) is 111 cm³/mol. The number of piperidine rings is 1. The number of benzene rings is 1. The Labute approximate surface area is 170 Å². The summed E-state index contributed by atoms with van der Waals surface area (Å²) in [5, 5.41) is 6.33. The first-order valence-electron chi connectivity index (χ1n) is 9.71. The van der Waals surface area contributed by atoms with Gasteiger partial charge in [0.1, 0.15) is 0 Å². The lowest BCUT2D eigenvalue weighted by molar-refractivity contribution is -0.126. The fourth-order valence-corrected chi connectivity index (χ4v) is 4.18. The number of hydrogen-bond acceptors (Lipinski definition) is 6. The molecule has 1 aliphatic rings. The van der Waals surface area contributed by atoms with Crippen molar-refractivity contribution in [3.63, 3.8) is 0 Å². The molecule has 1 saturated heterocycles. The zero-order valence-electron chi connectivity index (χ0n) is 16.9. The lowest BCUT2D eigenvalue weighted by Crippen LogP contribution is -2.40. The van der Waals surface area contributed by atoms with Gasteiger partial charge < -0.3 is 14.8 Å². The molecule has 0 saturated carbocycles. The van der Waals surface area contributed by atoms with Gasteiger partial charge in [0.25, 0.3) is 0 Å². The average Bonchev–Trinajstić information content (AvgIpc) is 3.12. The Morgan fingerprint density at radius 1 is 1.25 bits per heavy atom. The smallest absolute Gasteiger partial charge is 0.223 e. The Kier molecular flexibility index (Phi) is 7.28. The van der Waals surface area contributed by atoms with Crippen molar-refractivity contribution in [2.24, 2.45) is 5.92 Å². The minimum atomic E-state index is 0.110. The van der Waals surface area contributed by atoms with Crippen molar-refractivity contribution in [2.75, 3.05) is 33.9 Å². The van der Waals surface area contributed by atoms with Gasteiger partial charge in [-0.3, -0.25) is 9.69 Å². The summed E-state index contributed by atoms with van der Waals surface area (Å²) in [6.45, 7) is 5.45. The number of rotatable bonds is 8. The molecule has 3 rings (SSSR count). The van der Waals surface area contributed by atoms with E-state index in [0.717, 1.165) is 60.9 Å². The number of carbonyl (C=O) groups excluding carboxylic acids is 1. The first-order valence-corrected chi connectivity index (χ1v) is 10.6. The van der Waals surface area contributed by atoms with Crippen molar-refractivity contribution in [3.8, 4) is 11.5 Å². The van der Waals surface area contributed by atoms with Crippen molar-refractivity contribution >= 4 is 17.2 Å². The van der Waals surface area contributed by atoms with Crippen LogP contribution in [0, 0.1) is 12.8 Å². The molecule has 0 spiro atoms. The molecule has 1 fully saturated rings. The van der Waals surface area contributed by atoms with Crippen LogP contribution in [0.25, 0.3) is 0 Å². The van der Waals surface area contributed by atoms with Gasteiger partial charge in [-0.2, -0.15) is 0 Å². The first-order chi connectivity index (χ1) is 13.6. The van der Waals surface area contributed by atoms with Crippen LogP contribution in [0.4, 0.5) is 0 Å². The number of amides is 1. The molecule has 6 nitrogen and oxygen atoms in total. The van der Waals surface area contributed by atoms with Crippen LogP contribution in [0.15, 0.2) is 23.6 Å². The van der Waals surface area contributed by atoms with Gasteiger partial charge >= 0.3 is 0 Å². The summed E-state index contributed by atoms with van der Waals surface area (Å²) in [7, 11) is 3.26. The summed E-state index contributed by atoms with van der Waals surface area (Å²) in [6, 6.07) is 5.87. The minimum Gasteiger partial charge on any atom is -0.493 e. The number of hydrogen-bond donors (Lipinski definition) is 1. The first kappa shape index (κ1) is 20.6. The van der Waals surface area contributed by atoms with E-state index in [1.165, 1.54) is 0 Å². The van der Waals surface area contributed by atoms with E-state index in [-0.39, 0.29) is 11.8 Å². The summed E-state index contributed by atoms with van der Waals surface area (Å²) < 4.78 is 10.6. The Morgan fingerprint density at radius 2 is 2.00 bits per heavy atom. The molecule has 1 aromatic carbocycles. The summed E-state index contributed by atoms with van der Waals surface area (Å²) in [5.41, 5.74) is 2.26.